The highest BCUT2D eigenvalue weighted by atomic mass is 32.1. The number of amides is 2. The van der Waals surface area contributed by atoms with Crippen LogP contribution < -0.4 is 10.6 Å². The van der Waals surface area contributed by atoms with E-state index in [1.807, 2.05) is 6.92 Å². The van der Waals surface area contributed by atoms with Crippen LogP contribution in [0.5, 0.6) is 0 Å². The summed E-state index contributed by atoms with van der Waals surface area (Å²) in [6, 6.07) is 6.81. The minimum Gasteiger partial charge on any atom is -0.389 e. The third-order valence-electron chi connectivity index (χ3n) is 2.72. The molecule has 0 bridgehead atoms. The third kappa shape index (κ3) is 4.04. The van der Waals surface area contributed by atoms with E-state index < -0.39 is 6.10 Å². The topological polar surface area (TPSA) is 74.2 Å². The molecule has 2 rings (SSSR count). The van der Waals surface area contributed by atoms with Crippen LogP contribution in [0.1, 0.15) is 28.5 Å². The van der Waals surface area contributed by atoms with Crippen molar-refractivity contribution in [3.8, 4) is 0 Å². The number of carbonyl (C=O) groups excluding carboxylic acids is 1. The maximum absolute atomic E-state index is 11.7. The van der Waals surface area contributed by atoms with Crippen molar-refractivity contribution < 1.29 is 9.90 Å². The summed E-state index contributed by atoms with van der Waals surface area (Å²) in [7, 11) is 0. The molecule has 106 valence electrons. The fourth-order valence-electron chi connectivity index (χ4n) is 1.66. The Morgan fingerprint density at radius 1 is 1.40 bits per heavy atom. The SMILES string of the molecule is Cc1cnc(CNC(=O)Nc2ccc(C(C)O)cc2)s1. The number of nitrogens with one attached hydrogen (secondary N) is 2. The van der Waals surface area contributed by atoms with Crippen LogP contribution in [-0.2, 0) is 6.54 Å². The predicted molar refractivity (Wildman–Crippen MR) is 79.8 cm³/mol. The van der Waals surface area contributed by atoms with Gasteiger partial charge in [-0.3, -0.25) is 0 Å². The Balaban J connectivity index is 1.84. The van der Waals surface area contributed by atoms with Crippen LogP contribution in [0.15, 0.2) is 30.5 Å². The molecule has 3 N–H and O–H groups in total. The first-order chi connectivity index (χ1) is 9.54. The number of rotatable bonds is 4. The quantitative estimate of drug-likeness (QED) is 0.811. The second kappa shape index (κ2) is 6.49. The average Bonchev–Trinajstić information content (AvgIpc) is 2.83. The molecule has 0 aliphatic rings. The Kier molecular flexibility index (Phi) is 4.70. The standard InChI is InChI=1S/C14H17N3O2S/c1-9-7-15-13(20-9)8-16-14(19)17-12-5-3-11(4-6-12)10(2)18/h3-7,10,18H,8H2,1-2H3,(H2,16,17,19). The minimum absolute atomic E-state index is 0.275. The van der Waals surface area contributed by atoms with E-state index in [9.17, 15) is 9.90 Å². The molecule has 0 saturated carbocycles. The van der Waals surface area contributed by atoms with Gasteiger partial charge in [0.2, 0.25) is 0 Å². The molecule has 6 heteroatoms. The molecule has 0 spiro atoms. The highest BCUT2D eigenvalue weighted by molar-refractivity contribution is 7.11. The number of hydrogen-bond acceptors (Lipinski definition) is 4. The zero-order valence-electron chi connectivity index (χ0n) is 11.4. The van der Waals surface area contributed by atoms with Gasteiger partial charge in [0, 0.05) is 16.8 Å². The van der Waals surface area contributed by atoms with E-state index in [1.165, 1.54) is 0 Å². The van der Waals surface area contributed by atoms with E-state index in [0.29, 0.717) is 12.2 Å². The molecular formula is C14H17N3O2S. The average molecular weight is 291 g/mol. The van der Waals surface area contributed by atoms with Gasteiger partial charge >= 0.3 is 6.03 Å². The maximum Gasteiger partial charge on any atom is 0.319 e. The first-order valence-corrected chi connectivity index (χ1v) is 7.10. The van der Waals surface area contributed by atoms with Crippen LogP contribution in [0.2, 0.25) is 0 Å². The number of thiazole rings is 1. The largest absolute Gasteiger partial charge is 0.389 e. The lowest BCUT2D eigenvalue weighted by molar-refractivity contribution is 0.199. The molecule has 5 nitrogen and oxygen atoms in total. The maximum atomic E-state index is 11.7. The summed E-state index contributed by atoms with van der Waals surface area (Å²) >= 11 is 1.56. The molecule has 1 unspecified atom stereocenters. The Morgan fingerprint density at radius 2 is 2.10 bits per heavy atom. The second-order valence-corrected chi connectivity index (χ2v) is 5.79. The number of nitrogens with zero attached hydrogens (tertiary/aromatic N) is 1. The Hall–Kier alpha value is -1.92. The number of benzene rings is 1. The third-order valence-corrected chi connectivity index (χ3v) is 3.63. The lowest BCUT2D eigenvalue weighted by Gasteiger charge is -2.08. The van der Waals surface area contributed by atoms with Crippen molar-refractivity contribution in [1.82, 2.24) is 10.3 Å². The molecule has 2 aromatic rings. The molecular weight excluding hydrogens is 274 g/mol. The number of urea groups is 1. The van der Waals surface area contributed by atoms with Gasteiger partial charge in [0.15, 0.2) is 0 Å². The van der Waals surface area contributed by atoms with E-state index in [2.05, 4.69) is 15.6 Å². The normalized spacial score (nSPS) is 11.9. The Labute approximate surface area is 121 Å². The first-order valence-electron chi connectivity index (χ1n) is 6.29. The van der Waals surface area contributed by atoms with Gasteiger partial charge in [-0.15, -0.1) is 11.3 Å². The zero-order valence-corrected chi connectivity index (χ0v) is 12.2. The van der Waals surface area contributed by atoms with Gasteiger partial charge in [-0.05, 0) is 31.5 Å². The van der Waals surface area contributed by atoms with Crippen molar-refractivity contribution >= 4 is 23.1 Å². The molecule has 0 aliphatic carbocycles. The van der Waals surface area contributed by atoms with Gasteiger partial charge in [-0.2, -0.15) is 0 Å². The number of carbonyl (C=O) groups is 1. The number of aliphatic hydroxyl groups is 1. The van der Waals surface area contributed by atoms with Gasteiger partial charge < -0.3 is 15.7 Å². The molecule has 0 radical (unpaired) electrons. The lowest BCUT2D eigenvalue weighted by Crippen LogP contribution is -2.28. The molecule has 1 aromatic heterocycles. The van der Waals surface area contributed by atoms with Crippen molar-refractivity contribution in [3.05, 3.63) is 45.9 Å². The molecule has 0 fully saturated rings. The van der Waals surface area contributed by atoms with Gasteiger partial charge in [0.1, 0.15) is 5.01 Å². The molecule has 1 aromatic carbocycles. The molecule has 1 atom stereocenters. The van der Waals surface area contributed by atoms with Gasteiger partial charge in [0.05, 0.1) is 12.6 Å². The van der Waals surface area contributed by atoms with Crippen LogP contribution in [0.3, 0.4) is 0 Å². The predicted octanol–water partition coefficient (Wildman–Crippen LogP) is 2.83. The van der Waals surface area contributed by atoms with Crippen LogP contribution in [0.25, 0.3) is 0 Å². The van der Waals surface area contributed by atoms with Crippen molar-refractivity contribution in [1.29, 1.82) is 0 Å². The van der Waals surface area contributed by atoms with Crippen LogP contribution in [0.4, 0.5) is 10.5 Å². The number of aryl methyl sites for hydroxylation is 1. The zero-order chi connectivity index (χ0) is 14.5. The first kappa shape index (κ1) is 14.5. The summed E-state index contributed by atoms with van der Waals surface area (Å²) in [5.41, 5.74) is 1.50. The van der Waals surface area contributed by atoms with Crippen molar-refractivity contribution in [2.45, 2.75) is 26.5 Å². The fourth-order valence-corrected chi connectivity index (χ4v) is 2.39. The highest BCUT2D eigenvalue weighted by Gasteiger charge is 2.05. The van der Waals surface area contributed by atoms with Crippen LogP contribution in [0, 0.1) is 6.92 Å². The summed E-state index contributed by atoms with van der Waals surface area (Å²) in [5.74, 6) is 0. The Morgan fingerprint density at radius 3 is 2.65 bits per heavy atom. The summed E-state index contributed by atoms with van der Waals surface area (Å²) in [6.07, 6.45) is 1.28. The molecule has 0 aliphatic heterocycles. The van der Waals surface area contributed by atoms with Crippen molar-refractivity contribution in [2.75, 3.05) is 5.32 Å². The summed E-state index contributed by atoms with van der Waals surface area (Å²) in [4.78, 5) is 17.0. The smallest absolute Gasteiger partial charge is 0.319 e. The van der Waals surface area contributed by atoms with E-state index in [4.69, 9.17) is 0 Å². The van der Waals surface area contributed by atoms with Crippen LogP contribution in [-0.4, -0.2) is 16.1 Å². The van der Waals surface area contributed by atoms with E-state index in [0.717, 1.165) is 15.4 Å². The second-order valence-electron chi connectivity index (χ2n) is 4.47. The van der Waals surface area contributed by atoms with E-state index in [-0.39, 0.29) is 6.03 Å². The molecule has 1 heterocycles. The monoisotopic (exact) mass is 291 g/mol. The van der Waals surface area contributed by atoms with Crippen molar-refractivity contribution in [3.63, 3.8) is 0 Å². The van der Waals surface area contributed by atoms with Gasteiger partial charge in [-0.1, -0.05) is 12.1 Å². The lowest BCUT2D eigenvalue weighted by atomic mass is 10.1. The summed E-state index contributed by atoms with van der Waals surface area (Å²) in [5, 5.41) is 15.8. The van der Waals surface area contributed by atoms with Crippen LogP contribution >= 0.6 is 11.3 Å². The number of aliphatic hydroxyl groups excluding tert-OH is 1. The molecule has 2 amide bonds. The number of aromatic nitrogens is 1. The summed E-state index contributed by atoms with van der Waals surface area (Å²) < 4.78 is 0. The van der Waals surface area contributed by atoms with Gasteiger partial charge in [-0.25, -0.2) is 9.78 Å². The minimum atomic E-state index is -0.508. The Bertz CT molecular complexity index is 578. The van der Waals surface area contributed by atoms with Crippen molar-refractivity contribution in [2.24, 2.45) is 0 Å². The number of hydrogen-bond donors (Lipinski definition) is 3. The summed E-state index contributed by atoms with van der Waals surface area (Å²) in [6.45, 7) is 4.09. The fraction of sp³-hybridized carbons (Fsp3) is 0.286. The highest BCUT2D eigenvalue weighted by Crippen LogP contribution is 2.15. The van der Waals surface area contributed by atoms with E-state index in [1.54, 1.807) is 48.7 Å². The number of anilines is 1. The molecule has 0 saturated heterocycles. The van der Waals surface area contributed by atoms with E-state index >= 15 is 0 Å². The van der Waals surface area contributed by atoms with Gasteiger partial charge in [0.25, 0.3) is 0 Å². The molecule has 20 heavy (non-hydrogen) atoms.